The third kappa shape index (κ3) is 13.4. The quantitative estimate of drug-likeness (QED) is 0.159. The van der Waals surface area contributed by atoms with Gasteiger partial charge in [-0.3, -0.25) is 28.9 Å². The lowest BCUT2D eigenvalue weighted by Crippen LogP contribution is -2.49. The molecule has 1 heterocycles. The lowest BCUT2D eigenvalue weighted by molar-refractivity contribution is -0.136. The predicted molar refractivity (Wildman–Crippen MR) is 204 cm³/mol. The molecule has 2 aromatic rings. The molecule has 2 unspecified atom stereocenters. The molecule has 1 aliphatic heterocycles. The molecule has 0 spiro atoms. The molecule has 0 bridgehead atoms. The van der Waals surface area contributed by atoms with E-state index in [-0.39, 0.29) is 60.4 Å². The fourth-order valence-corrected chi connectivity index (χ4v) is 7.08. The monoisotopic (exact) mass is 715 g/mol. The second kappa shape index (κ2) is 20.0. The topological polar surface area (TPSA) is 122 Å². The van der Waals surface area contributed by atoms with Crippen molar-refractivity contribution in [2.75, 3.05) is 32.8 Å². The summed E-state index contributed by atoms with van der Waals surface area (Å²) in [5, 5.41) is 6.12. The van der Waals surface area contributed by atoms with Crippen molar-refractivity contribution in [3.8, 4) is 0 Å². The third-order valence-corrected chi connectivity index (χ3v) is 10.5. The molecule has 9 heteroatoms. The highest BCUT2D eigenvalue weighted by atomic mass is 16.5. The van der Waals surface area contributed by atoms with Crippen molar-refractivity contribution >= 4 is 29.2 Å². The molecule has 2 N–H and O–H groups in total. The van der Waals surface area contributed by atoms with E-state index >= 15 is 0 Å². The van der Waals surface area contributed by atoms with Gasteiger partial charge in [-0.15, -0.1) is 0 Å². The highest BCUT2D eigenvalue weighted by molar-refractivity contribution is 5.97. The van der Waals surface area contributed by atoms with Crippen molar-refractivity contribution in [2.45, 2.75) is 104 Å². The Labute approximate surface area is 311 Å². The number of carbonyl (C=O) groups excluding carboxylic acids is 5. The highest BCUT2D eigenvalue weighted by Crippen LogP contribution is 2.47. The van der Waals surface area contributed by atoms with Crippen LogP contribution in [0.15, 0.2) is 60.7 Å². The van der Waals surface area contributed by atoms with Crippen molar-refractivity contribution in [2.24, 2.45) is 29.1 Å². The maximum Gasteiger partial charge on any atom is 0.224 e. The van der Waals surface area contributed by atoms with Gasteiger partial charge in [-0.25, -0.2) is 0 Å². The number of Topliss-reactive ketones (excluding diaryl/α,β-unsaturated/α-hetero) is 3. The van der Waals surface area contributed by atoms with E-state index in [1.54, 1.807) is 0 Å². The number of benzene rings is 2. The Morgan fingerprint density at radius 3 is 1.85 bits per heavy atom. The fraction of sp³-hybridized carbons (Fsp3) is 0.605. The lowest BCUT2D eigenvalue weighted by atomic mass is 9.87. The Bertz CT molecular complexity index is 1470. The number of carbonyl (C=O) groups is 5. The first-order chi connectivity index (χ1) is 24.8. The Morgan fingerprint density at radius 1 is 0.731 bits per heavy atom. The molecule has 1 aliphatic carbocycles. The van der Waals surface area contributed by atoms with Crippen LogP contribution < -0.4 is 10.6 Å². The summed E-state index contributed by atoms with van der Waals surface area (Å²) >= 11 is 0. The van der Waals surface area contributed by atoms with Gasteiger partial charge in [-0.2, -0.15) is 0 Å². The van der Waals surface area contributed by atoms with Crippen LogP contribution in [0.2, 0.25) is 0 Å². The average Bonchev–Trinajstić information content (AvgIpc) is 3.87. The van der Waals surface area contributed by atoms with E-state index in [9.17, 15) is 24.0 Å². The van der Waals surface area contributed by atoms with E-state index in [1.807, 2.05) is 95.3 Å². The van der Waals surface area contributed by atoms with Gasteiger partial charge in [0.05, 0.1) is 31.8 Å². The molecular weight excluding hydrogens is 654 g/mol. The van der Waals surface area contributed by atoms with E-state index in [1.165, 1.54) is 0 Å². The number of nitrogens with one attached hydrogen (secondary N) is 2. The number of nitrogens with zero attached hydrogens (tertiary/aromatic N) is 1. The van der Waals surface area contributed by atoms with E-state index in [0.29, 0.717) is 58.4 Å². The number of morpholine rings is 1. The van der Waals surface area contributed by atoms with Crippen molar-refractivity contribution in [1.29, 1.82) is 0 Å². The Kier molecular flexibility index (Phi) is 15.8. The summed E-state index contributed by atoms with van der Waals surface area (Å²) in [6, 6.07) is 18.1. The molecule has 2 amide bonds. The first-order valence-corrected chi connectivity index (χ1v) is 19.4. The SMILES string of the molecule is CC(C)CC(NC(=O)C(CC(=O)[C@H](CC(C)C)NC(=O)[C@H](CCc1ccccc1)CC(=O)CN1CCOCC1)Cc1ccccc1)C(=O)C1(C)CC1. The summed E-state index contributed by atoms with van der Waals surface area (Å²) in [6.45, 7) is 12.8. The van der Waals surface area contributed by atoms with Crippen LogP contribution in [-0.4, -0.2) is 79.0 Å². The number of ketones is 3. The van der Waals surface area contributed by atoms with Gasteiger partial charge < -0.3 is 15.4 Å². The molecule has 2 aromatic carbocycles. The number of amides is 2. The Hall–Kier alpha value is -3.69. The zero-order valence-electron chi connectivity index (χ0n) is 32.0. The molecule has 4 atom stereocenters. The molecule has 2 fully saturated rings. The van der Waals surface area contributed by atoms with Gasteiger partial charge in [0.15, 0.2) is 11.6 Å². The summed E-state index contributed by atoms with van der Waals surface area (Å²) in [6.07, 6.45) is 4.02. The number of hydrogen-bond donors (Lipinski definition) is 2. The van der Waals surface area contributed by atoms with Gasteiger partial charge in [-0.05, 0) is 67.9 Å². The smallest absolute Gasteiger partial charge is 0.224 e. The zero-order chi connectivity index (χ0) is 37.7. The molecule has 52 heavy (non-hydrogen) atoms. The Balaban J connectivity index is 1.51. The summed E-state index contributed by atoms with van der Waals surface area (Å²) in [5.74, 6) is -1.83. The van der Waals surface area contributed by atoms with Crippen molar-refractivity contribution in [3.63, 3.8) is 0 Å². The largest absolute Gasteiger partial charge is 0.379 e. The zero-order valence-corrected chi connectivity index (χ0v) is 32.0. The van der Waals surface area contributed by atoms with Gasteiger partial charge in [-0.1, -0.05) is 95.3 Å². The van der Waals surface area contributed by atoms with Crippen LogP contribution in [0.25, 0.3) is 0 Å². The van der Waals surface area contributed by atoms with Crippen LogP contribution >= 0.6 is 0 Å². The van der Waals surface area contributed by atoms with E-state index in [0.717, 1.165) is 24.0 Å². The van der Waals surface area contributed by atoms with Gasteiger partial charge in [0.1, 0.15) is 5.78 Å². The van der Waals surface area contributed by atoms with E-state index in [2.05, 4.69) is 15.5 Å². The standard InChI is InChI=1S/C43H61N3O6/c1-30(2)24-37(44-41(50)34(17-16-32-12-8-6-9-13-32)27-36(47)29-46-20-22-52-23-21-46)39(48)28-35(26-33-14-10-7-11-15-33)42(51)45-38(25-31(3)4)40(49)43(5)18-19-43/h6-15,30-31,34-35,37-38H,16-29H2,1-5H3,(H,44,50)(H,45,51)/t34-,35?,37+,38?/m1/s1. The van der Waals surface area contributed by atoms with Gasteiger partial charge in [0.2, 0.25) is 11.8 Å². The molecular formula is C43H61N3O6. The number of hydrogen-bond acceptors (Lipinski definition) is 7. The minimum absolute atomic E-state index is 0.00741. The van der Waals surface area contributed by atoms with E-state index in [4.69, 9.17) is 4.74 Å². The van der Waals surface area contributed by atoms with Crippen molar-refractivity contribution in [3.05, 3.63) is 71.8 Å². The minimum atomic E-state index is -0.814. The molecule has 9 nitrogen and oxygen atoms in total. The molecule has 0 aromatic heterocycles. The van der Waals surface area contributed by atoms with Crippen LogP contribution in [0.5, 0.6) is 0 Å². The van der Waals surface area contributed by atoms with Gasteiger partial charge in [0, 0.05) is 43.2 Å². The maximum absolute atomic E-state index is 14.2. The molecule has 284 valence electrons. The fourth-order valence-electron chi connectivity index (χ4n) is 7.08. The molecule has 1 saturated carbocycles. The second-order valence-corrected chi connectivity index (χ2v) is 16.2. The number of aryl methyl sites for hydroxylation is 1. The summed E-state index contributed by atoms with van der Waals surface area (Å²) in [7, 11) is 0. The summed E-state index contributed by atoms with van der Waals surface area (Å²) in [4.78, 5) is 71.2. The highest BCUT2D eigenvalue weighted by Gasteiger charge is 2.48. The van der Waals surface area contributed by atoms with Crippen LogP contribution in [0.1, 0.15) is 90.7 Å². The van der Waals surface area contributed by atoms with Crippen LogP contribution in [0, 0.1) is 29.1 Å². The van der Waals surface area contributed by atoms with Gasteiger partial charge in [0.25, 0.3) is 0 Å². The van der Waals surface area contributed by atoms with E-state index < -0.39 is 29.3 Å². The molecule has 4 rings (SSSR count). The lowest BCUT2D eigenvalue weighted by Gasteiger charge is -2.28. The van der Waals surface area contributed by atoms with Crippen molar-refractivity contribution in [1.82, 2.24) is 15.5 Å². The Morgan fingerprint density at radius 2 is 1.27 bits per heavy atom. The number of rotatable bonds is 22. The minimum Gasteiger partial charge on any atom is -0.379 e. The number of ether oxygens (including phenoxy) is 1. The molecule has 0 radical (unpaired) electrons. The van der Waals surface area contributed by atoms with Gasteiger partial charge >= 0.3 is 0 Å². The second-order valence-electron chi connectivity index (χ2n) is 16.2. The van der Waals surface area contributed by atoms with Crippen LogP contribution in [-0.2, 0) is 41.6 Å². The first-order valence-electron chi connectivity index (χ1n) is 19.4. The third-order valence-electron chi connectivity index (χ3n) is 10.5. The van der Waals surface area contributed by atoms with Crippen LogP contribution in [0.3, 0.4) is 0 Å². The van der Waals surface area contributed by atoms with Crippen molar-refractivity contribution < 1.29 is 28.7 Å². The summed E-state index contributed by atoms with van der Waals surface area (Å²) < 4.78 is 5.43. The average molecular weight is 716 g/mol. The summed E-state index contributed by atoms with van der Waals surface area (Å²) in [5.41, 5.74) is 1.60. The predicted octanol–water partition coefficient (Wildman–Crippen LogP) is 5.78. The maximum atomic E-state index is 14.2. The van der Waals surface area contributed by atoms with Crippen LogP contribution in [0.4, 0.5) is 0 Å². The normalized spacial score (nSPS) is 17.9. The molecule has 2 aliphatic rings. The first kappa shape index (κ1) is 41.1. The molecule has 1 saturated heterocycles.